The molecule has 7 aromatic rings. The van der Waals surface area contributed by atoms with Crippen molar-refractivity contribution >= 4 is 81.9 Å². The average molecular weight is 479 g/mol. The van der Waals surface area contributed by atoms with Crippen LogP contribution in [0.4, 0.5) is 0 Å². The number of aromatic nitrogens is 8. The number of carbonyl (C=O) groups excluding carboxylic acids is 1. The van der Waals surface area contributed by atoms with Gasteiger partial charge in [0.25, 0.3) is 0 Å². The van der Waals surface area contributed by atoms with Gasteiger partial charge in [0.05, 0.1) is 22.7 Å². The molecule has 0 aliphatic rings. The minimum absolute atomic E-state index is 0.0101. The van der Waals surface area contributed by atoms with E-state index >= 15 is 0 Å². The highest BCUT2D eigenvalue weighted by atomic mass is 32.1. The number of hydrogen-bond acceptors (Lipinski definition) is 7. The van der Waals surface area contributed by atoms with Gasteiger partial charge in [-0.25, -0.2) is 15.0 Å². The van der Waals surface area contributed by atoms with Crippen molar-refractivity contribution in [3.05, 3.63) is 55.0 Å². The first-order valence-corrected chi connectivity index (χ1v) is 12.0. The first kappa shape index (κ1) is 20.0. The second-order valence-electron chi connectivity index (χ2n) is 8.70. The molecule has 0 atom stereocenters. The number of rotatable bonds is 1. The number of imidazole rings is 1. The van der Waals surface area contributed by atoms with Gasteiger partial charge in [0, 0.05) is 33.8 Å². The fraction of sp³-hybridized carbons (Fsp3) is 0.120. The van der Waals surface area contributed by atoms with Gasteiger partial charge >= 0.3 is 0 Å². The van der Waals surface area contributed by atoms with Crippen LogP contribution in [0.25, 0.3) is 64.7 Å². The zero-order valence-corrected chi connectivity index (χ0v) is 19.6. The summed E-state index contributed by atoms with van der Waals surface area (Å²) in [4.78, 5) is 36.2. The van der Waals surface area contributed by atoms with Crippen LogP contribution in [-0.4, -0.2) is 45.6 Å². The van der Waals surface area contributed by atoms with Crippen molar-refractivity contribution in [2.75, 3.05) is 0 Å². The molecule has 0 radical (unpaired) electrons. The highest BCUT2D eigenvalue weighted by molar-refractivity contribution is 7.24. The maximum absolute atomic E-state index is 13.4. The normalized spacial score (nSPS) is 12.1. The Balaban J connectivity index is 1.78. The predicted molar refractivity (Wildman–Crippen MR) is 138 cm³/mol. The van der Waals surface area contributed by atoms with E-state index in [1.807, 2.05) is 50.2 Å². The van der Waals surface area contributed by atoms with E-state index in [0.29, 0.717) is 27.8 Å². The number of nitrogens with one attached hydrogen (secondary N) is 2. The number of fused-ring (bicyclic) bond motifs is 9. The van der Waals surface area contributed by atoms with Gasteiger partial charge in [-0.1, -0.05) is 13.8 Å². The molecule has 0 aliphatic carbocycles. The molecule has 7 aromatic heterocycles. The summed E-state index contributed by atoms with van der Waals surface area (Å²) in [5.74, 6) is -0.208. The Kier molecular flexibility index (Phi) is 4.15. The number of aromatic amines is 2. The monoisotopic (exact) mass is 478 g/mol. The Labute approximate surface area is 201 Å². The molecule has 0 aromatic carbocycles. The van der Waals surface area contributed by atoms with E-state index in [2.05, 4.69) is 25.1 Å². The van der Waals surface area contributed by atoms with Gasteiger partial charge in [0.1, 0.15) is 15.9 Å². The van der Waals surface area contributed by atoms with Gasteiger partial charge in [-0.15, -0.1) is 11.3 Å². The lowest BCUT2D eigenvalue weighted by Gasteiger charge is -2.10. The Morgan fingerprint density at radius 1 is 1.00 bits per heavy atom. The summed E-state index contributed by atoms with van der Waals surface area (Å²) in [6, 6.07) is 11.7. The van der Waals surface area contributed by atoms with Gasteiger partial charge in [-0.3, -0.25) is 19.4 Å². The minimum Gasteiger partial charge on any atom is -0.321 e. The molecule has 10 heteroatoms. The number of nitrogens with zero attached hydrogens (tertiary/aromatic N) is 6. The largest absolute Gasteiger partial charge is 0.321 e. The number of H-pyrrole nitrogens is 2. The van der Waals surface area contributed by atoms with E-state index in [1.54, 1.807) is 23.2 Å². The molecule has 0 saturated heterocycles. The molecule has 0 aliphatic heterocycles. The number of carbonyl (C=O) groups is 1. The lowest BCUT2D eigenvalue weighted by molar-refractivity contribution is 0.0865. The predicted octanol–water partition coefficient (Wildman–Crippen LogP) is 5.52. The smallest absolute Gasteiger partial charge is 0.234 e. The van der Waals surface area contributed by atoms with Crippen LogP contribution < -0.4 is 0 Å². The zero-order valence-electron chi connectivity index (χ0n) is 18.8. The third-order valence-corrected chi connectivity index (χ3v) is 7.19. The first-order valence-electron chi connectivity index (χ1n) is 11.2. The van der Waals surface area contributed by atoms with Crippen LogP contribution in [0.1, 0.15) is 18.6 Å². The third-order valence-electron chi connectivity index (χ3n) is 6.09. The number of pyridine rings is 3. The van der Waals surface area contributed by atoms with Crippen LogP contribution in [0.5, 0.6) is 0 Å². The SMILES string of the molecule is CC(C)C(=O)n1c2cncc(c2)c2ccc3[nH]nc(c4nc5c(nccc5c5ccc1s5)[nH]4)c3n2. The van der Waals surface area contributed by atoms with E-state index < -0.39 is 0 Å². The molecule has 0 saturated carbocycles. The number of thiophene rings is 1. The van der Waals surface area contributed by atoms with Gasteiger partial charge in [-0.2, -0.15) is 5.10 Å². The molecule has 0 spiro atoms. The van der Waals surface area contributed by atoms with E-state index in [1.165, 1.54) is 11.3 Å². The van der Waals surface area contributed by atoms with Crippen LogP contribution >= 0.6 is 11.3 Å². The summed E-state index contributed by atoms with van der Waals surface area (Å²) in [6.45, 7) is 3.80. The molecule has 35 heavy (non-hydrogen) atoms. The van der Waals surface area contributed by atoms with Crippen molar-refractivity contribution in [2.24, 2.45) is 5.92 Å². The molecule has 7 rings (SSSR count). The molecule has 2 N–H and O–H groups in total. The summed E-state index contributed by atoms with van der Waals surface area (Å²) in [5.41, 5.74) is 5.52. The van der Waals surface area contributed by atoms with Crippen molar-refractivity contribution < 1.29 is 4.79 Å². The Morgan fingerprint density at radius 3 is 2.80 bits per heavy atom. The Bertz CT molecular complexity index is 2030. The standard InChI is InChI=1S/C25H18N8OS/c1-12(2)25(34)33-14-9-13(10-26-11-14)16-3-4-17-21(28-16)22(32-31-17)24-29-20-15(7-8-27-23(20)30-24)18-5-6-19(33)35-18/h3-12H,1-2H3,(H,31,32)(H,27,29,30). The minimum atomic E-state index is -0.198. The van der Waals surface area contributed by atoms with Gasteiger partial charge in [0.15, 0.2) is 16.8 Å². The van der Waals surface area contributed by atoms with Crippen molar-refractivity contribution in [3.8, 4) is 0 Å². The molecule has 0 amide bonds. The molecule has 9 nitrogen and oxygen atoms in total. The molecule has 7 heterocycles. The quantitative estimate of drug-likeness (QED) is 0.321. The highest BCUT2D eigenvalue weighted by Crippen LogP contribution is 2.29. The summed E-state index contributed by atoms with van der Waals surface area (Å²) < 4.78 is 2.72. The second kappa shape index (κ2) is 7.28. The van der Waals surface area contributed by atoms with Gasteiger partial charge in [0.2, 0.25) is 5.91 Å². The van der Waals surface area contributed by atoms with E-state index in [0.717, 1.165) is 36.9 Å². The second-order valence-corrected chi connectivity index (χ2v) is 9.77. The Hall–Kier alpha value is -4.44. The fourth-order valence-electron chi connectivity index (χ4n) is 4.35. The summed E-state index contributed by atoms with van der Waals surface area (Å²) in [6.07, 6.45) is 5.23. The molecule has 170 valence electrons. The average Bonchev–Trinajstić information content (AvgIpc) is 3.61. The van der Waals surface area contributed by atoms with Crippen LogP contribution in [0, 0.1) is 5.92 Å². The van der Waals surface area contributed by atoms with Crippen molar-refractivity contribution in [1.82, 2.24) is 39.7 Å². The molecule has 0 fully saturated rings. The first-order chi connectivity index (χ1) is 17.1. The lowest BCUT2D eigenvalue weighted by Crippen LogP contribution is -2.17. The highest BCUT2D eigenvalue weighted by Gasteiger charge is 2.15. The maximum atomic E-state index is 13.4. The zero-order chi connectivity index (χ0) is 23.7. The van der Waals surface area contributed by atoms with Crippen LogP contribution in [0.2, 0.25) is 0 Å². The van der Waals surface area contributed by atoms with E-state index in [4.69, 9.17) is 9.97 Å². The summed E-state index contributed by atoms with van der Waals surface area (Å²) in [5, 5.41) is 9.28. The van der Waals surface area contributed by atoms with Crippen LogP contribution in [0.3, 0.4) is 0 Å². The van der Waals surface area contributed by atoms with Crippen molar-refractivity contribution in [3.63, 3.8) is 0 Å². The van der Waals surface area contributed by atoms with E-state index in [9.17, 15) is 4.79 Å². The molecule has 8 bridgehead atoms. The molecular formula is C25H18N8OS. The van der Waals surface area contributed by atoms with Crippen LogP contribution in [0.15, 0.2) is 55.0 Å². The van der Waals surface area contributed by atoms with Crippen molar-refractivity contribution in [1.29, 1.82) is 0 Å². The number of hydrogen-bond donors (Lipinski definition) is 2. The fourth-order valence-corrected chi connectivity index (χ4v) is 5.41. The molecular weight excluding hydrogens is 460 g/mol. The van der Waals surface area contributed by atoms with Gasteiger partial charge < -0.3 is 4.98 Å². The van der Waals surface area contributed by atoms with Gasteiger partial charge in [-0.05, 0) is 36.4 Å². The Morgan fingerprint density at radius 2 is 1.91 bits per heavy atom. The van der Waals surface area contributed by atoms with Crippen LogP contribution in [-0.2, 0) is 0 Å². The topological polar surface area (TPSA) is 118 Å². The summed E-state index contributed by atoms with van der Waals surface area (Å²) in [7, 11) is 0. The molecule has 0 unspecified atom stereocenters. The van der Waals surface area contributed by atoms with E-state index in [-0.39, 0.29) is 11.8 Å². The third kappa shape index (κ3) is 3.00. The maximum Gasteiger partial charge on any atom is 0.234 e. The lowest BCUT2D eigenvalue weighted by atomic mass is 10.2. The van der Waals surface area contributed by atoms with Crippen molar-refractivity contribution in [2.45, 2.75) is 13.8 Å². The summed E-state index contributed by atoms with van der Waals surface area (Å²) >= 11 is 1.53.